The van der Waals surface area contributed by atoms with Crippen molar-refractivity contribution in [2.75, 3.05) is 11.9 Å². The molecular weight excluding hydrogens is 347 g/mol. The highest BCUT2D eigenvalue weighted by Crippen LogP contribution is 2.35. The minimum absolute atomic E-state index is 0.0520. The number of nitrogens with one attached hydrogen (secondary N) is 1. The van der Waals surface area contributed by atoms with E-state index in [2.05, 4.69) is 10.3 Å². The minimum atomic E-state index is -4.63. The lowest BCUT2D eigenvalue weighted by atomic mass is 10.1. The molecule has 1 N–H and O–H groups in total. The zero-order valence-electron chi connectivity index (χ0n) is 13.5. The van der Waals surface area contributed by atoms with Gasteiger partial charge in [0.1, 0.15) is 5.69 Å². The highest BCUT2D eigenvalue weighted by molar-refractivity contribution is 5.81. The molecule has 3 rings (SSSR count). The highest BCUT2D eigenvalue weighted by atomic mass is 19.4. The number of para-hydroxylation sites is 1. The number of nitrogens with zero attached hydrogens (tertiary/aromatic N) is 2. The Kier molecular flexibility index (Phi) is 4.75. The lowest BCUT2D eigenvalue weighted by molar-refractivity contribution is -0.384. The van der Waals surface area contributed by atoms with E-state index in [1.165, 1.54) is 0 Å². The van der Waals surface area contributed by atoms with E-state index in [-0.39, 0.29) is 5.69 Å². The summed E-state index contributed by atoms with van der Waals surface area (Å²) in [5, 5.41) is 14.9. The van der Waals surface area contributed by atoms with Crippen molar-refractivity contribution in [1.82, 2.24) is 4.98 Å². The van der Waals surface area contributed by atoms with Crippen LogP contribution < -0.4 is 5.32 Å². The largest absolute Gasteiger partial charge is 0.416 e. The zero-order valence-corrected chi connectivity index (χ0v) is 13.5. The van der Waals surface area contributed by atoms with Gasteiger partial charge < -0.3 is 5.32 Å². The minimum Gasteiger partial charge on any atom is -0.379 e. The molecule has 0 bridgehead atoms. The van der Waals surface area contributed by atoms with E-state index < -0.39 is 22.4 Å². The molecule has 0 fully saturated rings. The quantitative estimate of drug-likeness (QED) is 0.523. The number of pyridine rings is 1. The van der Waals surface area contributed by atoms with Gasteiger partial charge in [-0.15, -0.1) is 0 Å². The van der Waals surface area contributed by atoms with Gasteiger partial charge in [-0.25, -0.2) is 0 Å². The van der Waals surface area contributed by atoms with Crippen LogP contribution >= 0.6 is 0 Å². The van der Waals surface area contributed by atoms with Crippen LogP contribution in [0.2, 0.25) is 0 Å². The Labute approximate surface area is 146 Å². The van der Waals surface area contributed by atoms with Crippen LogP contribution in [0.15, 0.2) is 54.7 Å². The Morgan fingerprint density at radius 3 is 2.62 bits per heavy atom. The van der Waals surface area contributed by atoms with Gasteiger partial charge in [-0.2, -0.15) is 13.2 Å². The molecule has 1 aromatic heterocycles. The van der Waals surface area contributed by atoms with E-state index >= 15 is 0 Å². The second kappa shape index (κ2) is 6.99. The van der Waals surface area contributed by atoms with Crippen LogP contribution in [0.3, 0.4) is 0 Å². The van der Waals surface area contributed by atoms with Crippen molar-refractivity contribution < 1.29 is 18.1 Å². The molecule has 0 aliphatic carbocycles. The van der Waals surface area contributed by atoms with E-state index in [1.807, 2.05) is 30.3 Å². The number of nitro benzene ring substituents is 1. The lowest BCUT2D eigenvalue weighted by Gasteiger charge is -2.11. The maximum atomic E-state index is 12.7. The molecule has 0 amide bonds. The van der Waals surface area contributed by atoms with E-state index in [0.717, 1.165) is 28.6 Å². The summed E-state index contributed by atoms with van der Waals surface area (Å²) in [7, 11) is 0. The van der Waals surface area contributed by atoms with Gasteiger partial charge in [0.15, 0.2) is 0 Å². The summed E-state index contributed by atoms with van der Waals surface area (Å²) in [5.74, 6) is 0. The monoisotopic (exact) mass is 361 g/mol. The Morgan fingerprint density at radius 2 is 1.88 bits per heavy atom. The Hall–Kier alpha value is -3.16. The normalized spacial score (nSPS) is 11.5. The first-order valence-electron chi connectivity index (χ1n) is 7.78. The number of rotatable bonds is 5. The lowest BCUT2D eigenvalue weighted by Crippen LogP contribution is -2.10. The van der Waals surface area contributed by atoms with Crippen molar-refractivity contribution in [2.24, 2.45) is 0 Å². The molecule has 0 aliphatic rings. The fourth-order valence-electron chi connectivity index (χ4n) is 2.71. The van der Waals surface area contributed by atoms with Gasteiger partial charge in [0, 0.05) is 24.2 Å². The molecular formula is C18H14F3N3O2. The molecule has 0 spiro atoms. The molecule has 0 atom stereocenters. The number of alkyl halides is 3. The van der Waals surface area contributed by atoms with Gasteiger partial charge in [0.05, 0.1) is 16.0 Å². The average molecular weight is 361 g/mol. The van der Waals surface area contributed by atoms with Crippen LogP contribution in [0, 0.1) is 10.1 Å². The molecule has 26 heavy (non-hydrogen) atoms. The van der Waals surface area contributed by atoms with Gasteiger partial charge in [0.25, 0.3) is 5.69 Å². The standard InChI is InChI=1S/C18H14F3N3O2/c19-18(20,21)14-6-7-15(16(11-14)24(25)26)22-10-8-13-4-1-3-12-5-2-9-23-17(12)13/h1-7,9,11,22H,8,10H2. The Bertz CT molecular complexity index is 953. The van der Waals surface area contributed by atoms with Crippen molar-refractivity contribution in [3.05, 3.63) is 76.0 Å². The molecule has 0 radical (unpaired) electrons. The second-order valence-electron chi connectivity index (χ2n) is 5.66. The fraction of sp³-hybridized carbons (Fsp3) is 0.167. The fourth-order valence-corrected chi connectivity index (χ4v) is 2.71. The maximum absolute atomic E-state index is 12.7. The average Bonchev–Trinajstić information content (AvgIpc) is 2.61. The molecule has 0 unspecified atom stereocenters. The van der Waals surface area contributed by atoms with Crippen LogP contribution in [0.1, 0.15) is 11.1 Å². The smallest absolute Gasteiger partial charge is 0.379 e. The molecule has 134 valence electrons. The van der Waals surface area contributed by atoms with Crippen molar-refractivity contribution in [2.45, 2.75) is 12.6 Å². The second-order valence-corrected chi connectivity index (χ2v) is 5.66. The summed E-state index contributed by atoms with van der Waals surface area (Å²) in [5.41, 5.74) is 0.184. The summed E-state index contributed by atoms with van der Waals surface area (Å²) in [6, 6.07) is 11.9. The first-order valence-corrected chi connectivity index (χ1v) is 7.78. The number of fused-ring (bicyclic) bond motifs is 1. The van der Waals surface area contributed by atoms with Crippen molar-refractivity contribution in [3.63, 3.8) is 0 Å². The van der Waals surface area contributed by atoms with E-state index in [0.29, 0.717) is 19.0 Å². The highest BCUT2D eigenvalue weighted by Gasteiger charge is 2.32. The number of nitro groups is 1. The summed E-state index contributed by atoms with van der Waals surface area (Å²) in [4.78, 5) is 14.6. The van der Waals surface area contributed by atoms with Crippen molar-refractivity contribution >= 4 is 22.3 Å². The molecule has 0 saturated heterocycles. The van der Waals surface area contributed by atoms with Gasteiger partial charge in [-0.05, 0) is 30.2 Å². The van der Waals surface area contributed by atoms with E-state index in [4.69, 9.17) is 0 Å². The van der Waals surface area contributed by atoms with E-state index in [1.54, 1.807) is 6.20 Å². The number of anilines is 1. The number of halogens is 3. The Morgan fingerprint density at radius 1 is 1.12 bits per heavy atom. The predicted octanol–water partition coefficient (Wildman–Crippen LogP) is 4.82. The van der Waals surface area contributed by atoms with Crippen molar-refractivity contribution in [1.29, 1.82) is 0 Å². The predicted molar refractivity (Wildman–Crippen MR) is 92.0 cm³/mol. The third-order valence-electron chi connectivity index (χ3n) is 3.95. The maximum Gasteiger partial charge on any atom is 0.416 e. The van der Waals surface area contributed by atoms with Crippen LogP contribution in [-0.2, 0) is 12.6 Å². The van der Waals surface area contributed by atoms with Crippen molar-refractivity contribution in [3.8, 4) is 0 Å². The topological polar surface area (TPSA) is 68.1 Å². The molecule has 8 heteroatoms. The molecule has 3 aromatic rings. The SMILES string of the molecule is O=[N+]([O-])c1cc(C(F)(F)F)ccc1NCCc1cccc2cccnc12. The van der Waals surface area contributed by atoms with Crippen LogP contribution in [0.5, 0.6) is 0 Å². The van der Waals surface area contributed by atoms with Gasteiger partial charge in [-0.3, -0.25) is 15.1 Å². The first kappa shape index (κ1) is 17.7. The van der Waals surface area contributed by atoms with E-state index in [9.17, 15) is 23.3 Å². The number of hydrogen-bond donors (Lipinski definition) is 1. The third kappa shape index (κ3) is 3.74. The third-order valence-corrected chi connectivity index (χ3v) is 3.95. The summed E-state index contributed by atoms with van der Waals surface area (Å²) < 4.78 is 38.2. The molecule has 5 nitrogen and oxygen atoms in total. The number of hydrogen-bond acceptors (Lipinski definition) is 4. The molecule has 0 aliphatic heterocycles. The molecule has 2 aromatic carbocycles. The van der Waals surface area contributed by atoms with Gasteiger partial charge in [-0.1, -0.05) is 24.3 Å². The van der Waals surface area contributed by atoms with Gasteiger partial charge in [0.2, 0.25) is 0 Å². The number of aromatic nitrogens is 1. The van der Waals surface area contributed by atoms with Crippen LogP contribution in [-0.4, -0.2) is 16.5 Å². The van der Waals surface area contributed by atoms with Crippen LogP contribution in [0.4, 0.5) is 24.5 Å². The number of benzene rings is 2. The zero-order chi connectivity index (χ0) is 18.7. The summed E-state index contributed by atoms with van der Waals surface area (Å²) >= 11 is 0. The van der Waals surface area contributed by atoms with Gasteiger partial charge >= 0.3 is 6.18 Å². The molecule has 1 heterocycles. The Balaban J connectivity index is 1.78. The summed E-state index contributed by atoms with van der Waals surface area (Å²) in [6.45, 7) is 0.321. The first-order chi connectivity index (χ1) is 12.4. The van der Waals surface area contributed by atoms with Crippen LogP contribution in [0.25, 0.3) is 10.9 Å². The summed E-state index contributed by atoms with van der Waals surface area (Å²) in [6.07, 6.45) is -2.43. The molecule has 0 saturated carbocycles.